The van der Waals surface area contributed by atoms with Crippen molar-refractivity contribution >= 4 is 16.9 Å². The van der Waals surface area contributed by atoms with Crippen LogP contribution in [0.1, 0.15) is 15.9 Å². The van der Waals surface area contributed by atoms with Crippen LogP contribution in [0, 0.1) is 0 Å². The zero-order valence-electron chi connectivity index (χ0n) is 11.3. The summed E-state index contributed by atoms with van der Waals surface area (Å²) >= 11 is 0. The number of aromatic nitrogens is 1. The van der Waals surface area contributed by atoms with Crippen molar-refractivity contribution in [1.29, 1.82) is 0 Å². The van der Waals surface area contributed by atoms with Crippen molar-refractivity contribution in [2.75, 3.05) is 0 Å². The van der Waals surface area contributed by atoms with Crippen molar-refractivity contribution in [3.05, 3.63) is 65.9 Å². The van der Waals surface area contributed by atoms with Gasteiger partial charge in [-0.2, -0.15) is 0 Å². The summed E-state index contributed by atoms with van der Waals surface area (Å²) in [6, 6.07) is 14.8. The topological polar surface area (TPSA) is 76.2 Å². The molecule has 0 amide bonds. The molecule has 104 valence electrons. The number of hydrogen-bond donors (Lipinski definition) is 2. The average Bonchev–Trinajstić information content (AvgIpc) is 2.53. The largest absolute Gasteiger partial charge is 0.478 e. The molecule has 0 aliphatic carbocycles. The number of aromatic carboxylic acids is 1. The highest BCUT2D eigenvalue weighted by Crippen LogP contribution is 2.30. The number of hydrogen-bond acceptors (Lipinski definition) is 3. The SMILES string of the molecule is NCc1cc(C(=O)O)ccc1-c1ccnc2ccccc12. The summed E-state index contributed by atoms with van der Waals surface area (Å²) < 4.78 is 0. The molecule has 4 nitrogen and oxygen atoms in total. The van der Waals surface area contributed by atoms with Gasteiger partial charge in [-0.3, -0.25) is 4.98 Å². The van der Waals surface area contributed by atoms with Gasteiger partial charge in [0.25, 0.3) is 0 Å². The van der Waals surface area contributed by atoms with Gasteiger partial charge in [0.05, 0.1) is 11.1 Å². The summed E-state index contributed by atoms with van der Waals surface area (Å²) in [6.45, 7) is 0.285. The third-order valence-corrected chi connectivity index (χ3v) is 3.51. The third kappa shape index (κ3) is 2.37. The van der Waals surface area contributed by atoms with E-state index in [-0.39, 0.29) is 12.1 Å². The molecule has 21 heavy (non-hydrogen) atoms. The Morgan fingerprint density at radius 3 is 2.67 bits per heavy atom. The molecule has 0 spiro atoms. The first kappa shape index (κ1) is 13.3. The van der Waals surface area contributed by atoms with Gasteiger partial charge in [0.15, 0.2) is 0 Å². The number of nitrogens with zero attached hydrogens (tertiary/aromatic N) is 1. The van der Waals surface area contributed by atoms with Gasteiger partial charge in [-0.15, -0.1) is 0 Å². The first-order valence-electron chi connectivity index (χ1n) is 6.61. The van der Waals surface area contributed by atoms with Gasteiger partial charge in [0.2, 0.25) is 0 Å². The van der Waals surface area contributed by atoms with Gasteiger partial charge < -0.3 is 10.8 Å². The van der Waals surface area contributed by atoms with E-state index in [2.05, 4.69) is 4.98 Å². The van der Waals surface area contributed by atoms with Crippen LogP contribution in [0.15, 0.2) is 54.7 Å². The lowest BCUT2D eigenvalue weighted by molar-refractivity contribution is 0.0697. The summed E-state index contributed by atoms with van der Waals surface area (Å²) in [6.07, 6.45) is 1.75. The molecule has 4 heteroatoms. The predicted octanol–water partition coefficient (Wildman–Crippen LogP) is 3.06. The van der Waals surface area contributed by atoms with Crippen LogP contribution in [0.5, 0.6) is 0 Å². The van der Waals surface area contributed by atoms with Crippen LogP contribution in [0.2, 0.25) is 0 Å². The Bertz CT molecular complexity index is 823. The first-order valence-corrected chi connectivity index (χ1v) is 6.61. The second-order valence-electron chi connectivity index (χ2n) is 4.76. The van der Waals surface area contributed by atoms with Gasteiger partial charge in [0.1, 0.15) is 0 Å². The number of carboxylic acids is 1. The lowest BCUT2D eigenvalue weighted by Gasteiger charge is -2.11. The number of para-hydroxylation sites is 1. The van der Waals surface area contributed by atoms with Gasteiger partial charge in [-0.1, -0.05) is 24.3 Å². The second-order valence-corrected chi connectivity index (χ2v) is 4.76. The summed E-state index contributed by atoms with van der Waals surface area (Å²) in [5.41, 5.74) is 9.71. The van der Waals surface area contributed by atoms with Crippen LogP contribution in [0.3, 0.4) is 0 Å². The quantitative estimate of drug-likeness (QED) is 0.772. The van der Waals surface area contributed by atoms with Crippen molar-refractivity contribution in [3.8, 4) is 11.1 Å². The number of pyridine rings is 1. The van der Waals surface area contributed by atoms with Gasteiger partial charge in [0, 0.05) is 18.1 Å². The Hall–Kier alpha value is -2.72. The molecule has 0 radical (unpaired) electrons. The van der Waals surface area contributed by atoms with Crippen LogP contribution < -0.4 is 5.73 Å². The van der Waals surface area contributed by atoms with Crippen LogP contribution in [0.4, 0.5) is 0 Å². The molecule has 0 unspecified atom stereocenters. The van der Waals surface area contributed by atoms with E-state index in [1.807, 2.05) is 36.4 Å². The fourth-order valence-electron chi connectivity index (χ4n) is 2.49. The number of fused-ring (bicyclic) bond motifs is 1. The molecule has 3 rings (SSSR count). The van der Waals surface area contributed by atoms with Crippen molar-refractivity contribution in [1.82, 2.24) is 4.98 Å². The minimum atomic E-state index is -0.948. The summed E-state index contributed by atoms with van der Waals surface area (Å²) in [4.78, 5) is 15.4. The summed E-state index contributed by atoms with van der Waals surface area (Å²) in [5, 5.41) is 10.1. The van der Waals surface area contributed by atoms with E-state index < -0.39 is 5.97 Å². The van der Waals surface area contributed by atoms with Crippen LogP contribution in [0.25, 0.3) is 22.0 Å². The van der Waals surface area contributed by atoms with Crippen molar-refractivity contribution in [2.24, 2.45) is 5.73 Å². The maximum absolute atomic E-state index is 11.1. The fraction of sp³-hybridized carbons (Fsp3) is 0.0588. The number of carboxylic acid groups (broad SMARTS) is 1. The van der Waals surface area contributed by atoms with E-state index in [0.717, 1.165) is 27.6 Å². The minimum Gasteiger partial charge on any atom is -0.478 e. The highest BCUT2D eigenvalue weighted by atomic mass is 16.4. The molecule has 0 aliphatic heterocycles. The summed E-state index contributed by atoms with van der Waals surface area (Å²) in [5.74, 6) is -0.948. The molecule has 3 aromatic rings. The van der Waals surface area contributed by atoms with Crippen LogP contribution >= 0.6 is 0 Å². The average molecular weight is 278 g/mol. The Balaban J connectivity index is 2.25. The number of rotatable bonds is 3. The fourth-order valence-corrected chi connectivity index (χ4v) is 2.49. The van der Waals surface area contributed by atoms with Gasteiger partial charge >= 0.3 is 5.97 Å². The van der Waals surface area contributed by atoms with Crippen LogP contribution in [-0.4, -0.2) is 16.1 Å². The van der Waals surface area contributed by atoms with Crippen molar-refractivity contribution in [3.63, 3.8) is 0 Å². The molecule has 3 N–H and O–H groups in total. The zero-order chi connectivity index (χ0) is 14.8. The maximum Gasteiger partial charge on any atom is 0.335 e. The smallest absolute Gasteiger partial charge is 0.335 e. The predicted molar refractivity (Wildman–Crippen MR) is 82.0 cm³/mol. The molecule has 0 atom stereocenters. The molecular weight excluding hydrogens is 264 g/mol. The van der Waals surface area contributed by atoms with Crippen molar-refractivity contribution in [2.45, 2.75) is 6.54 Å². The minimum absolute atomic E-state index is 0.248. The molecule has 0 saturated carbocycles. The van der Waals surface area contributed by atoms with Crippen LogP contribution in [-0.2, 0) is 6.54 Å². The Kier molecular flexibility index (Phi) is 3.38. The zero-order valence-corrected chi connectivity index (χ0v) is 11.3. The Morgan fingerprint density at radius 1 is 1.10 bits per heavy atom. The Labute approximate surface area is 121 Å². The van der Waals surface area contributed by atoms with E-state index in [1.165, 1.54) is 0 Å². The molecular formula is C17H14N2O2. The molecule has 1 heterocycles. The molecule has 0 bridgehead atoms. The molecule has 1 aromatic heterocycles. The van der Waals surface area contributed by atoms with Gasteiger partial charge in [-0.25, -0.2) is 4.79 Å². The first-order chi connectivity index (χ1) is 10.2. The highest BCUT2D eigenvalue weighted by molar-refractivity contribution is 5.96. The number of carbonyl (C=O) groups is 1. The van der Waals surface area contributed by atoms with E-state index >= 15 is 0 Å². The monoisotopic (exact) mass is 278 g/mol. The maximum atomic E-state index is 11.1. The third-order valence-electron chi connectivity index (χ3n) is 3.51. The normalized spacial score (nSPS) is 10.7. The van der Waals surface area contributed by atoms with E-state index in [9.17, 15) is 4.79 Å². The van der Waals surface area contributed by atoms with Gasteiger partial charge in [-0.05, 0) is 41.0 Å². The van der Waals surface area contributed by atoms with E-state index in [4.69, 9.17) is 10.8 Å². The van der Waals surface area contributed by atoms with E-state index in [1.54, 1.807) is 18.3 Å². The molecule has 0 fully saturated rings. The Morgan fingerprint density at radius 2 is 1.90 bits per heavy atom. The molecule has 0 aliphatic rings. The second kappa shape index (κ2) is 5.34. The van der Waals surface area contributed by atoms with Crippen molar-refractivity contribution < 1.29 is 9.90 Å². The lowest BCUT2D eigenvalue weighted by atomic mass is 9.95. The number of nitrogens with two attached hydrogens (primary N) is 1. The standard InChI is InChI=1S/C17H14N2O2/c18-10-12-9-11(17(20)21)5-6-13(12)14-7-8-19-16-4-2-1-3-15(14)16/h1-9H,10,18H2,(H,20,21). The molecule has 2 aromatic carbocycles. The molecule has 0 saturated heterocycles. The summed E-state index contributed by atoms with van der Waals surface area (Å²) in [7, 11) is 0. The lowest BCUT2D eigenvalue weighted by Crippen LogP contribution is -2.03. The number of benzene rings is 2. The van der Waals surface area contributed by atoms with E-state index in [0.29, 0.717) is 0 Å². The highest BCUT2D eigenvalue weighted by Gasteiger charge is 2.11.